The quantitative estimate of drug-likeness (QED) is 0.774. The number of primary amides is 1. The molecule has 10 heteroatoms. The lowest BCUT2D eigenvalue weighted by Gasteiger charge is -2.30. The van der Waals surface area contributed by atoms with Crippen molar-refractivity contribution in [2.45, 2.75) is 24.8 Å². The maximum absolute atomic E-state index is 14.6. The highest BCUT2D eigenvalue weighted by atomic mass is 19.3. The van der Waals surface area contributed by atoms with Gasteiger partial charge in [-0.05, 0) is 12.8 Å². The van der Waals surface area contributed by atoms with E-state index in [0.717, 1.165) is 12.1 Å². The van der Waals surface area contributed by atoms with Crippen molar-refractivity contribution in [3.8, 4) is 0 Å². The zero-order valence-corrected chi connectivity index (χ0v) is 14.2. The normalized spacial score (nSPS) is 16.9. The lowest BCUT2D eigenvalue weighted by Crippen LogP contribution is -2.54. The van der Waals surface area contributed by atoms with E-state index in [0.29, 0.717) is 4.90 Å². The summed E-state index contributed by atoms with van der Waals surface area (Å²) in [4.78, 5) is 48.6. The lowest BCUT2D eigenvalue weighted by atomic mass is 10.1. The summed E-state index contributed by atoms with van der Waals surface area (Å²) in [6.45, 7) is -2.60. The number of hydrogen-bond donors (Lipinski definition) is 1. The molecule has 1 fully saturated rings. The molecule has 1 atom stereocenters. The second-order valence-corrected chi connectivity index (χ2v) is 6.02. The van der Waals surface area contributed by atoms with Gasteiger partial charge in [-0.2, -0.15) is 8.78 Å². The van der Waals surface area contributed by atoms with Crippen LogP contribution < -0.4 is 5.73 Å². The van der Waals surface area contributed by atoms with Gasteiger partial charge in [-0.1, -0.05) is 30.3 Å². The van der Waals surface area contributed by atoms with Gasteiger partial charge < -0.3 is 10.6 Å². The van der Waals surface area contributed by atoms with E-state index in [1.807, 2.05) is 0 Å². The molecular formula is C17H18F3N3O4. The third-order valence-electron chi connectivity index (χ3n) is 4.20. The first-order valence-electron chi connectivity index (χ1n) is 8.13. The van der Waals surface area contributed by atoms with Gasteiger partial charge in [-0.15, -0.1) is 0 Å². The van der Waals surface area contributed by atoms with Gasteiger partial charge in [-0.3, -0.25) is 24.1 Å². The predicted octanol–water partition coefficient (Wildman–Crippen LogP) is 0.579. The molecule has 0 unspecified atom stereocenters. The molecule has 0 radical (unpaired) electrons. The number of hydrogen-bond acceptors (Lipinski definition) is 4. The van der Waals surface area contributed by atoms with Crippen LogP contribution >= 0.6 is 0 Å². The SMILES string of the molecule is NC(=O)CN(C(=O)CF)C(=O)[C@@H]1CCCN1C(=O)C(F)(F)c1ccccc1. The van der Waals surface area contributed by atoms with Gasteiger partial charge >= 0.3 is 5.92 Å². The first-order chi connectivity index (χ1) is 12.7. The number of nitrogens with two attached hydrogens (primary N) is 1. The number of benzene rings is 1. The summed E-state index contributed by atoms with van der Waals surface area (Å²) in [5.74, 6) is -8.99. The maximum Gasteiger partial charge on any atom is 0.349 e. The number of amides is 4. The summed E-state index contributed by atoms with van der Waals surface area (Å²) in [6, 6.07) is 4.96. The molecule has 0 bridgehead atoms. The van der Waals surface area contributed by atoms with Gasteiger partial charge in [0.15, 0.2) is 6.67 Å². The number of rotatable bonds is 6. The minimum Gasteiger partial charge on any atom is -0.368 e. The van der Waals surface area contributed by atoms with E-state index in [1.165, 1.54) is 18.2 Å². The van der Waals surface area contributed by atoms with Crippen LogP contribution in [0.15, 0.2) is 30.3 Å². The summed E-state index contributed by atoms with van der Waals surface area (Å²) in [5.41, 5.74) is 4.41. The molecule has 1 aliphatic heterocycles. The highest BCUT2D eigenvalue weighted by Gasteiger charge is 2.49. The molecule has 0 aliphatic carbocycles. The fourth-order valence-corrected chi connectivity index (χ4v) is 2.91. The fourth-order valence-electron chi connectivity index (χ4n) is 2.91. The molecular weight excluding hydrogens is 367 g/mol. The molecule has 1 aromatic rings. The molecule has 0 spiro atoms. The smallest absolute Gasteiger partial charge is 0.349 e. The minimum atomic E-state index is -3.89. The number of carbonyl (C=O) groups is 4. The zero-order chi connectivity index (χ0) is 20.2. The van der Waals surface area contributed by atoms with Crippen LogP contribution in [0.1, 0.15) is 18.4 Å². The largest absolute Gasteiger partial charge is 0.368 e. The number of halogens is 3. The topological polar surface area (TPSA) is 101 Å². The molecule has 1 aliphatic rings. The Labute approximate surface area is 152 Å². The van der Waals surface area contributed by atoms with Crippen molar-refractivity contribution in [1.29, 1.82) is 0 Å². The minimum absolute atomic E-state index is 0.00424. The molecule has 0 saturated carbocycles. The summed E-state index contributed by atoms with van der Waals surface area (Å²) in [5, 5.41) is 0. The van der Waals surface area contributed by atoms with Crippen molar-refractivity contribution in [3.05, 3.63) is 35.9 Å². The van der Waals surface area contributed by atoms with Crippen LogP contribution in [0.5, 0.6) is 0 Å². The standard InChI is InChI=1S/C17H18F3N3O4/c18-9-14(25)23(10-13(21)24)15(26)12-7-4-8-22(12)16(27)17(19,20)11-5-2-1-3-6-11/h1-3,5-6,12H,4,7-10H2,(H2,21,24)/t12-/m0/s1. The molecule has 2 rings (SSSR count). The molecule has 2 N–H and O–H groups in total. The Kier molecular flexibility index (Phi) is 6.19. The Hall–Kier alpha value is -2.91. The molecule has 146 valence electrons. The zero-order valence-electron chi connectivity index (χ0n) is 14.2. The molecule has 1 aromatic carbocycles. The monoisotopic (exact) mass is 385 g/mol. The highest BCUT2D eigenvalue weighted by Crippen LogP contribution is 2.33. The van der Waals surface area contributed by atoms with Gasteiger partial charge in [0.1, 0.15) is 12.6 Å². The van der Waals surface area contributed by atoms with E-state index in [-0.39, 0.29) is 24.3 Å². The van der Waals surface area contributed by atoms with Crippen LogP contribution in [0.4, 0.5) is 13.2 Å². The highest BCUT2D eigenvalue weighted by molar-refractivity contribution is 6.03. The van der Waals surface area contributed by atoms with E-state index in [9.17, 15) is 32.3 Å². The number of likely N-dealkylation sites (tertiary alicyclic amines) is 1. The average Bonchev–Trinajstić information content (AvgIpc) is 3.14. The predicted molar refractivity (Wildman–Crippen MR) is 87.0 cm³/mol. The van der Waals surface area contributed by atoms with Crippen molar-refractivity contribution < 1.29 is 32.3 Å². The Balaban J connectivity index is 2.27. The summed E-state index contributed by atoms with van der Waals surface area (Å²) in [7, 11) is 0. The first-order valence-corrected chi connectivity index (χ1v) is 8.13. The number of nitrogens with zero attached hydrogens (tertiary/aromatic N) is 2. The Morgan fingerprint density at radius 3 is 2.37 bits per heavy atom. The van der Waals surface area contributed by atoms with E-state index in [2.05, 4.69) is 0 Å². The van der Waals surface area contributed by atoms with Gasteiger partial charge in [0.05, 0.1) is 0 Å². The molecule has 27 heavy (non-hydrogen) atoms. The van der Waals surface area contributed by atoms with Gasteiger partial charge in [0, 0.05) is 12.1 Å². The van der Waals surface area contributed by atoms with Gasteiger partial charge in [0.25, 0.3) is 17.7 Å². The van der Waals surface area contributed by atoms with Crippen LogP contribution in [0, 0.1) is 0 Å². The van der Waals surface area contributed by atoms with Crippen LogP contribution in [0.2, 0.25) is 0 Å². The lowest BCUT2D eigenvalue weighted by molar-refractivity contribution is -0.164. The van der Waals surface area contributed by atoms with E-state index in [4.69, 9.17) is 5.73 Å². The van der Waals surface area contributed by atoms with E-state index >= 15 is 0 Å². The van der Waals surface area contributed by atoms with Crippen molar-refractivity contribution in [2.24, 2.45) is 5.73 Å². The summed E-state index contributed by atoms with van der Waals surface area (Å²) >= 11 is 0. The number of imide groups is 1. The maximum atomic E-state index is 14.6. The van der Waals surface area contributed by atoms with Crippen LogP contribution in [0.25, 0.3) is 0 Å². The van der Waals surface area contributed by atoms with Gasteiger partial charge in [-0.25, -0.2) is 4.39 Å². The van der Waals surface area contributed by atoms with Crippen molar-refractivity contribution in [1.82, 2.24) is 9.80 Å². The van der Waals surface area contributed by atoms with Crippen LogP contribution in [-0.2, 0) is 25.1 Å². The molecule has 4 amide bonds. The third-order valence-corrected chi connectivity index (χ3v) is 4.20. The molecule has 1 heterocycles. The van der Waals surface area contributed by atoms with Crippen LogP contribution in [0.3, 0.4) is 0 Å². The van der Waals surface area contributed by atoms with E-state index < -0.39 is 54.4 Å². The number of carbonyl (C=O) groups excluding carboxylic acids is 4. The van der Waals surface area contributed by atoms with Crippen LogP contribution in [-0.4, -0.2) is 59.2 Å². The van der Waals surface area contributed by atoms with Gasteiger partial charge in [0.2, 0.25) is 5.91 Å². The Bertz CT molecular complexity index is 742. The molecule has 7 nitrogen and oxygen atoms in total. The Morgan fingerprint density at radius 2 is 1.81 bits per heavy atom. The Morgan fingerprint density at radius 1 is 1.19 bits per heavy atom. The average molecular weight is 385 g/mol. The second-order valence-electron chi connectivity index (χ2n) is 6.02. The first kappa shape index (κ1) is 20.4. The van der Waals surface area contributed by atoms with Crippen molar-refractivity contribution in [3.63, 3.8) is 0 Å². The summed E-state index contributed by atoms with van der Waals surface area (Å²) in [6.07, 6.45) is 0.242. The third kappa shape index (κ3) is 4.26. The summed E-state index contributed by atoms with van der Waals surface area (Å²) < 4.78 is 41.8. The number of alkyl halides is 3. The second kappa shape index (κ2) is 8.19. The van der Waals surface area contributed by atoms with Crippen molar-refractivity contribution in [2.75, 3.05) is 19.8 Å². The van der Waals surface area contributed by atoms with Crippen molar-refractivity contribution >= 4 is 23.6 Å². The molecule has 1 saturated heterocycles. The fraction of sp³-hybridized carbons (Fsp3) is 0.412. The molecule has 0 aromatic heterocycles. The van der Waals surface area contributed by atoms with E-state index in [1.54, 1.807) is 0 Å².